The van der Waals surface area contributed by atoms with Crippen LogP contribution in [0.2, 0.25) is 0 Å². The van der Waals surface area contributed by atoms with E-state index >= 15 is 0 Å². The van der Waals surface area contributed by atoms with Gasteiger partial charge >= 0.3 is 6.03 Å². The Morgan fingerprint density at radius 1 is 1.60 bits per heavy atom. The van der Waals surface area contributed by atoms with Crippen molar-refractivity contribution in [2.45, 2.75) is 12.6 Å². The SMILES string of the molecule is Cl.O=C(NCc1cccs1)NC1CNC1. The zero-order chi connectivity index (χ0) is 9.80. The molecule has 0 aliphatic carbocycles. The molecule has 0 spiro atoms. The van der Waals surface area contributed by atoms with Crippen LogP contribution >= 0.6 is 23.7 Å². The Kier molecular flexibility index (Phi) is 4.87. The fourth-order valence-electron chi connectivity index (χ4n) is 1.21. The van der Waals surface area contributed by atoms with Crippen molar-refractivity contribution in [1.29, 1.82) is 0 Å². The summed E-state index contributed by atoms with van der Waals surface area (Å²) in [5.41, 5.74) is 0. The van der Waals surface area contributed by atoms with E-state index in [0.29, 0.717) is 12.6 Å². The lowest BCUT2D eigenvalue weighted by Crippen LogP contribution is -2.58. The van der Waals surface area contributed by atoms with Crippen LogP contribution < -0.4 is 16.0 Å². The van der Waals surface area contributed by atoms with Crippen molar-refractivity contribution in [3.8, 4) is 0 Å². The first-order valence-electron chi connectivity index (χ1n) is 4.62. The summed E-state index contributed by atoms with van der Waals surface area (Å²) in [4.78, 5) is 12.5. The predicted octanol–water partition coefficient (Wildman–Crippen LogP) is 0.941. The lowest BCUT2D eigenvalue weighted by molar-refractivity contribution is 0.231. The normalized spacial score (nSPS) is 14.9. The molecule has 2 amide bonds. The van der Waals surface area contributed by atoms with Crippen LogP contribution in [0, 0.1) is 0 Å². The summed E-state index contributed by atoms with van der Waals surface area (Å²) >= 11 is 1.65. The van der Waals surface area contributed by atoms with Crippen LogP contribution in [0.5, 0.6) is 0 Å². The Morgan fingerprint density at radius 2 is 2.40 bits per heavy atom. The third-order valence-corrected chi connectivity index (χ3v) is 3.00. The minimum absolute atomic E-state index is 0. The summed E-state index contributed by atoms with van der Waals surface area (Å²) in [6.07, 6.45) is 0. The maximum atomic E-state index is 11.3. The number of hydrogen-bond donors (Lipinski definition) is 3. The highest BCUT2D eigenvalue weighted by atomic mass is 35.5. The highest BCUT2D eigenvalue weighted by Crippen LogP contribution is 2.07. The molecule has 1 aliphatic rings. The van der Waals surface area contributed by atoms with Gasteiger partial charge in [-0.2, -0.15) is 0 Å². The molecule has 0 saturated carbocycles. The van der Waals surface area contributed by atoms with Gasteiger partial charge in [-0.05, 0) is 11.4 Å². The Labute approximate surface area is 98.9 Å². The molecule has 0 radical (unpaired) electrons. The van der Waals surface area contributed by atoms with Gasteiger partial charge in [-0.25, -0.2) is 4.79 Å². The van der Waals surface area contributed by atoms with Gasteiger partial charge in [0.1, 0.15) is 0 Å². The molecule has 84 valence electrons. The quantitative estimate of drug-likeness (QED) is 0.745. The van der Waals surface area contributed by atoms with Crippen LogP contribution in [-0.4, -0.2) is 25.2 Å². The molecule has 4 nitrogen and oxygen atoms in total. The molecule has 1 fully saturated rings. The van der Waals surface area contributed by atoms with E-state index in [4.69, 9.17) is 0 Å². The molecule has 15 heavy (non-hydrogen) atoms. The average Bonchev–Trinajstić information content (AvgIpc) is 2.60. The Balaban J connectivity index is 0.00000112. The Bertz CT molecular complexity index is 300. The molecule has 1 aliphatic heterocycles. The number of rotatable bonds is 3. The second-order valence-electron chi connectivity index (χ2n) is 3.26. The van der Waals surface area contributed by atoms with Gasteiger partial charge in [0.15, 0.2) is 0 Å². The summed E-state index contributed by atoms with van der Waals surface area (Å²) < 4.78 is 0. The van der Waals surface area contributed by atoms with E-state index in [1.165, 1.54) is 4.88 Å². The summed E-state index contributed by atoms with van der Waals surface area (Å²) in [7, 11) is 0. The molecule has 2 rings (SSSR count). The van der Waals surface area contributed by atoms with Crippen LogP contribution in [0.25, 0.3) is 0 Å². The van der Waals surface area contributed by atoms with Gasteiger partial charge in [0.2, 0.25) is 0 Å². The minimum atomic E-state index is -0.0788. The molecule has 1 saturated heterocycles. The van der Waals surface area contributed by atoms with Crippen LogP contribution in [0.3, 0.4) is 0 Å². The third-order valence-electron chi connectivity index (χ3n) is 2.12. The first-order valence-corrected chi connectivity index (χ1v) is 5.50. The lowest BCUT2D eigenvalue weighted by atomic mass is 10.2. The molecule has 0 aromatic carbocycles. The fourth-order valence-corrected chi connectivity index (χ4v) is 1.85. The molecular weight excluding hydrogens is 234 g/mol. The minimum Gasteiger partial charge on any atom is -0.333 e. The third kappa shape index (κ3) is 3.70. The molecule has 0 bridgehead atoms. The van der Waals surface area contributed by atoms with Crippen molar-refractivity contribution in [2.24, 2.45) is 0 Å². The number of carbonyl (C=O) groups excluding carboxylic acids is 1. The van der Waals surface area contributed by atoms with Crippen molar-refractivity contribution in [3.63, 3.8) is 0 Å². The van der Waals surface area contributed by atoms with Crippen LogP contribution in [0.15, 0.2) is 17.5 Å². The zero-order valence-electron chi connectivity index (χ0n) is 8.16. The van der Waals surface area contributed by atoms with Crippen molar-refractivity contribution < 1.29 is 4.79 Å². The predicted molar refractivity (Wildman–Crippen MR) is 63.6 cm³/mol. The molecule has 3 N–H and O–H groups in total. The Hall–Kier alpha value is -0.780. The largest absolute Gasteiger partial charge is 0.333 e. The number of nitrogens with one attached hydrogen (secondary N) is 3. The van der Waals surface area contributed by atoms with Gasteiger partial charge in [-0.1, -0.05) is 6.07 Å². The molecule has 2 heterocycles. The lowest BCUT2D eigenvalue weighted by Gasteiger charge is -2.27. The van der Waals surface area contributed by atoms with Gasteiger partial charge in [0.05, 0.1) is 12.6 Å². The highest BCUT2D eigenvalue weighted by Gasteiger charge is 2.18. The van der Waals surface area contributed by atoms with Gasteiger partial charge in [-0.15, -0.1) is 23.7 Å². The summed E-state index contributed by atoms with van der Waals surface area (Å²) in [5, 5.41) is 10.8. The molecule has 1 aromatic rings. The zero-order valence-corrected chi connectivity index (χ0v) is 9.79. The summed E-state index contributed by atoms with van der Waals surface area (Å²) in [5.74, 6) is 0. The van der Waals surface area contributed by atoms with E-state index in [9.17, 15) is 4.79 Å². The number of urea groups is 1. The van der Waals surface area contributed by atoms with Crippen molar-refractivity contribution >= 4 is 29.8 Å². The van der Waals surface area contributed by atoms with Crippen LogP contribution in [0.4, 0.5) is 4.79 Å². The van der Waals surface area contributed by atoms with Gasteiger partial charge < -0.3 is 16.0 Å². The fraction of sp³-hybridized carbons (Fsp3) is 0.444. The smallest absolute Gasteiger partial charge is 0.315 e. The van der Waals surface area contributed by atoms with Gasteiger partial charge in [-0.3, -0.25) is 0 Å². The van der Waals surface area contributed by atoms with E-state index in [-0.39, 0.29) is 18.4 Å². The van der Waals surface area contributed by atoms with Crippen molar-refractivity contribution in [2.75, 3.05) is 13.1 Å². The number of hydrogen-bond acceptors (Lipinski definition) is 3. The molecule has 6 heteroatoms. The van der Waals surface area contributed by atoms with E-state index in [1.54, 1.807) is 11.3 Å². The van der Waals surface area contributed by atoms with Crippen molar-refractivity contribution in [3.05, 3.63) is 22.4 Å². The number of halogens is 1. The second kappa shape index (κ2) is 5.95. The number of amides is 2. The maximum Gasteiger partial charge on any atom is 0.315 e. The molecule has 0 atom stereocenters. The van der Waals surface area contributed by atoms with E-state index < -0.39 is 0 Å². The van der Waals surface area contributed by atoms with Gasteiger partial charge in [0, 0.05) is 18.0 Å². The van der Waals surface area contributed by atoms with Crippen LogP contribution in [-0.2, 0) is 6.54 Å². The molecule has 0 unspecified atom stereocenters. The first-order chi connectivity index (χ1) is 6.84. The van der Waals surface area contributed by atoms with Gasteiger partial charge in [0.25, 0.3) is 0 Å². The second-order valence-corrected chi connectivity index (χ2v) is 4.29. The van der Waals surface area contributed by atoms with E-state index in [2.05, 4.69) is 16.0 Å². The standard InChI is InChI=1S/C9H13N3OS.ClH/c13-9(12-7-4-10-5-7)11-6-8-2-1-3-14-8;/h1-3,7,10H,4-6H2,(H2,11,12,13);1H. The maximum absolute atomic E-state index is 11.3. The summed E-state index contributed by atoms with van der Waals surface area (Å²) in [6.45, 7) is 2.38. The highest BCUT2D eigenvalue weighted by molar-refractivity contribution is 7.09. The van der Waals surface area contributed by atoms with E-state index in [0.717, 1.165) is 13.1 Å². The monoisotopic (exact) mass is 247 g/mol. The van der Waals surface area contributed by atoms with Crippen LogP contribution in [0.1, 0.15) is 4.88 Å². The van der Waals surface area contributed by atoms with E-state index in [1.807, 2.05) is 17.5 Å². The summed E-state index contributed by atoms with van der Waals surface area (Å²) in [6, 6.07) is 4.22. The molecular formula is C9H14ClN3OS. The molecule has 1 aromatic heterocycles. The first kappa shape index (κ1) is 12.3. The topological polar surface area (TPSA) is 53.2 Å². The number of thiophene rings is 1. The average molecular weight is 248 g/mol. The van der Waals surface area contributed by atoms with Crippen molar-refractivity contribution in [1.82, 2.24) is 16.0 Å². The Morgan fingerprint density at radius 3 is 2.93 bits per heavy atom. The number of carbonyl (C=O) groups is 1.